The number of benzene rings is 1. The van der Waals surface area contributed by atoms with Crippen LogP contribution in [0.25, 0.3) is 0 Å². The van der Waals surface area contributed by atoms with Gasteiger partial charge in [0.1, 0.15) is 5.75 Å². The molecule has 1 aromatic carbocycles. The number of rotatable bonds is 6. The molecule has 1 N–H and O–H groups in total. The van der Waals surface area contributed by atoms with Crippen molar-refractivity contribution in [2.75, 3.05) is 19.0 Å². The molecule has 0 radical (unpaired) electrons. The number of carbonyl (C=O) groups is 2. The Morgan fingerprint density at radius 1 is 1.12 bits per heavy atom. The lowest BCUT2D eigenvalue weighted by atomic mass is 9.84. The van der Waals surface area contributed by atoms with Crippen molar-refractivity contribution in [3.8, 4) is 5.75 Å². The van der Waals surface area contributed by atoms with Gasteiger partial charge in [-0.05, 0) is 36.5 Å². The number of anilines is 1. The smallest absolute Gasteiger partial charge is 0.340 e. The van der Waals surface area contributed by atoms with Gasteiger partial charge in [0.15, 0.2) is 6.61 Å². The van der Waals surface area contributed by atoms with E-state index in [1.165, 1.54) is 56.1 Å². The van der Waals surface area contributed by atoms with Gasteiger partial charge >= 0.3 is 5.97 Å². The van der Waals surface area contributed by atoms with E-state index in [0.29, 0.717) is 22.9 Å². The Morgan fingerprint density at radius 3 is 2.54 bits per heavy atom. The molecule has 1 amide bonds. The van der Waals surface area contributed by atoms with Gasteiger partial charge in [0.25, 0.3) is 5.91 Å². The zero-order valence-corrected chi connectivity index (χ0v) is 15.6. The SMILES string of the molecule is COC(=O)c1cscc1NC(=O)COc1ccc(C2CCCCC2)cc1. The minimum atomic E-state index is -0.472. The molecule has 5 nitrogen and oxygen atoms in total. The highest BCUT2D eigenvalue weighted by Gasteiger charge is 2.16. The van der Waals surface area contributed by atoms with Crippen molar-refractivity contribution in [3.05, 3.63) is 46.2 Å². The fraction of sp³-hybridized carbons (Fsp3) is 0.400. The summed E-state index contributed by atoms with van der Waals surface area (Å²) in [7, 11) is 1.31. The Hall–Kier alpha value is -2.34. The van der Waals surface area contributed by atoms with Crippen LogP contribution >= 0.6 is 11.3 Å². The third kappa shape index (κ3) is 4.64. The summed E-state index contributed by atoms with van der Waals surface area (Å²) in [5.41, 5.74) is 2.15. The van der Waals surface area contributed by atoms with Crippen LogP contribution in [0.3, 0.4) is 0 Å². The van der Waals surface area contributed by atoms with E-state index in [9.17, 15) is 9.59 Å². The molecule has 0 spiro atoms. The van der Waals surface area contributed by atoms with Crippen molar-refractivity contribution in [3.63, 3.8) is 0 Å². The van der Waals surface area contributed by atoms with E-state index in [0.717, 1.165) is 0 Å². The lowest BCUT2D eigenvalue weighted by molar-refractivity contribution is -0.118. The number of carbonyl (C=O) groups excluding carboxylic acids is 2. The van der Waals surface area contributed by atoms with Gasteiger partial charge in [0, 0.05) is 10.8 Å². The molecule has 3 rings (SSSR count). The molecule has 0 aliphatic heterocycles. The molecule has 1 aliphatic rings. The number of amides is 1. The molecule has 26 heavy (non-hydrogen) atoms. The third-order valence-electron chi connectivity index (χ3n) is 4.67. The first kappa shape index (κ1) is 18.5. The van der Waals surface area contributed by atoms with E-state index in [-0.39, 0.29) is 12.5 Å². The summed E-state index contributed by atoms with van der Waals surface area (Å²) in [6.45, 7) is -0.112. The maximum absolute atomic E-state index is 12.1. The summed E-state index contributed by atoms with van der Waals surface area (Å²) >= 11 is 1.33. The first-order valence-corrected chi connectivity index (χ1v) is 9.79. The molecule has 1 heterocycles. The molecule has 0 unspecified atom stereocenters. The highest BCUT2D eigenvalue weighted by atomic mass is 32.1. The zero-order chi connectivity index (χ0) is 18.4. The van der Waals surface area contributed by atoms with E-state index in [1.807, 2.05) is 12.1 Å². The number of ether oxygens (including phenoxy) is 2. The van der Waals surface area contributed by atoms with Gasteiger partial charge < -0.3 is 14.8 Å². The van der Waals surface area contributed by atoms with Gasteiger partial charge in [-0.2, -0.15) is 0 Å². The molecule has 2 aromatic rings. The van der Waals surface area contributed by atoms with Crippen LogP contribution in [0.5, 0.6) is 5.75 Å². The number of thiophene rings is 1. The summed E-state index contributed by atoms with van der Waals surface area (Å²) in [6.07, 6.45) is 6.46. The fourth-order valence-electron chi connectivity index (χ4n) is 3.27. The van der Waals surface area contributed by atoms with Crippen molar-refractivity contribution in [2.24, 2.45) is 0 Å². The average Bonchev–Trinajstić information content (AvgIpc) is 3.15. The van der Waals surface area contributed by atoms with Gasteiger partial charge in [-0.25, -0.2) is 4.79 Å². The number of esters is 1. The van der Waals surface area contributed by atoms with Crippen molar-refractivity contribution >= 4 is 28.9 Å². The second kappa shape index (κ2) is 8.85. The number of hydrogen-bond donors (Lipinski definition) is 1. The lowest BCUT2D eigenvalue weighted by Crippen LogP contribution is -2.21. The van der Waals surface area contributed by atoms with Crippen molar-refractivity contribution in [1.29, 1.82) is 0 Å². The van der Waals surface area contributed by atoms with Crippen LogP contribution in [-0.2, 0) is 9.53 Å². The van der Waals surface area contributed by atoms with Gasteiger partial charge in [-0.1, -0.05) is 31.4 Å². The predicted molar refractivity (Wildman–Crippen MR) is 102 cm³/mol. The first-order chi connectivity index (χ1) is 12.7. The van der Waals surface area contributed by atoms with E-state index < -0.39 is 5.97 Å². The van der Waals surface area contributed by atoms with Crippen LogP contribution in [0.15, 0.2) is 35.0 Å². The molecule has 0 bridgehead atoms. The van der Waals surface area contributed by atoms with Crippen LogP contribution in [0.2, 0.25) is 0 Å². The molecule has 0 atom stereocenters. The fourth-order valence-corrected chi connectivity index (χ4v) is 4.02. The standard InChI is InChI=1S/C20H23NO4S/c1-24-20(23)17-12-26-13-18(17)21-19(22)11-25-16-9-7-15(8-10-16)14-5-3-2-4-6-14/h7-10,12-14H,2-6,11H2,1H3,(H,21,22). The lowest BCUT2D eigenvalue weighted by Gasteiger charge is -2.22. The number of nitrogens with one attached hydrogen (secondary N) is 1. The highest BCUT2D eigenvalue weighted by molar-refractivity contribution is 7.08. The maximum Gasteiger partial charge on any atom is 0.340 e. The molecule has 6 heteroatoms. The Balaban J connectivity index is 1.51. The van der Waals surface area contributed by atoms with Crippen LogP contribution in [-0.4, -0.2) is 25.6 Å². The van der Waals surface area contributed by atoms with Gasteiger partial charge in [-0.3, -0.25) is 4.79 Å². The van der Waals surface area contributed by atoms with Crippen molar-refractivity contribution < 1.29 is 19.1 Å². The average molecular weight is 373 g/mol. The summed E-state index contributed by atoms with van der Waals surface area (Å²) < 4.78 is 10.3. The highest BCUT2D eigenvalue weighted by Crippen LogP contribution is 2.33. The number of methoxy groups -OCH3 is 1. The van der Waals surface area contributed by atoms with Crippen LogP contribution in [0, 0.1) is 0 Å². The molecule has 1 aromatic heterocycles. The Kier molecular flexibility index (Phi) is 6.28. The summed E-state index contributed by atoms with van der Waals surface area (Å²) in [5.74, 6) is 0.528. The minimum absolute atomic E-state index is 0.112. The maximum atomic E-state index is 12.1. The van der Waals surface area contributed by atoms with Crippen molar-refractivity contribution in [1.82, 2.24) is 0 Å². The Morgan fingerprint density at radius 2 is 1.85 bits per heavy atom. The topological polar surface area (TPSA) is 64.6 Å². The molecular formula is C20H23NO4S. The van der Waals surface area contributed by atoms with Crippen molar-refractivity contribution in [2.45, 2.75) is 38.0 Å². The summed E-state index contributed by atoms with van der Waals surface area (Å²) in [5, 5.41) is 6.03. The minimum Gasteiger partial charge on any atom is -0.484 e. The van der Waals surface area contributed by atoms with Crippen LogP contribution < -0.4 is 10.1 Å². The second-order valence-corrected chi connectivity index (χ2v) is 7.18. The first-order valence-electron chi connectivity index (χ1n) is 8.84. The van der Waals surface area contributed by atoms with E-state index in [1.54, 1.807) is 10.8 Å². The third-order valence-corrected chi connectivity index (χ3v) is 5.41. The van der Waals surface area contributed by atoms with E-state index in [4.69, 9.17) is 9.47 Å². The van der Waals surface area contributed by atoms with E-state index in [2.05, 4.69) is 17.4 Å². The largest absolute Gasteiger partial charge is 0.484 e. The van der Waals surface area contributed by atoms with Gasteiger partial charge in [0.2, 0.25) is 0 Å². The van der Waals surface area contributed by atoms with Gasteiger partial charge in [0.05, 0.1) is 18.4 Å². The normalized spacial score (nSPS) is 14.7. The number of hydrogen-bond acceptors (Lipinski definition) is 5. The van der Waals surface area contributed by atoms with Crippen LogP contribution in [0.4, 0.5) is 5.69 Å². The molecule has 0 saturated heterocycles. The molecule has 138 valence electrons. The molecule has 1 fully saturated rings. The summed E-state index contributed by atoms with van der Waals surface area (Å²) in [4.78, 5) is 23.7. The monoisotopic (exact) mass is 373 g/mol. The predicted octanol–water partition coefficient (Wildman–Crippen LogP) is 4.60. The molecular weight excluding hydrogens is 350 g/mol. The quantitative estimate of drug-likeness (QED) is 0.752. The van der Waals surface area contributed by atoms with E-state index >= 15 is 0 Å². The molecule has 1 saturated carbocycles. The Labute approximate surface area is 157 Å². The van der Waals surface area contributed by atoms with Gasteiger partial charge in [-0.15, -0.1) is 11.3 Å². The Bertz CT molecular complexity index is 747. The summed E-state index contributed by atoms with van der Waals surface area (Å²) in [6, 6.07) is 8.03. The molecule has 1 aliphatic carbocycles. The second-order valence-electron chi connectivity index (χ2n) is 6.43. The van der Waals surface area contributed by atoms with Crippen LogP contribution in [0.1, 0.15) is 53.9 Å². The zero-order valence-electron chi connectivity index (χ0n) is 14.8.